The summed E-state index contributed by atoms with van der Waals surface area (Å²) in [5.41, 5.74) is 0.436. The van der Waals surface area contributed by atoms with Crippen molar-refractivity contribution in [3.05, 3.63) is 18.3 Å². The highest BCUT2D eigenvalue weighted by molar-refractivity contribution is 7.92. The molecule has 6 nitrogen and oxygen atoms in total. The predicted octanol–water partition coefficient (Wildman–Crippen LogP) is 1.10. The zero-order chi connectivity index (χ0) is 14.5. The van der Waals surface area contributed by atoms with E-state index in [9.17, 15) is 13.2 Å². The molecule has 0 saturated carbocycles. The number of aromatic nitrogens is 1. The second kappa shape index (κ2) is 6.51. The van der Waals surface area contributed by atoms with Gasteiger partial charge in [0.15, 0.2) is 9.84 Å². The van der Waals surface area contributed by atoms with Crippen LogP contribution in [0.25, 0.3) is 0 Å². The summed E-state index contributed by atoms with van der Waals surface area (Å²) in [6.07, 6.45) is 1.41. The van der Waals surface area contributed by atoms with E-state index in [1.165, 1.54) is 13.3 Å². The van der Waals surface area contributed by atoms with Crippen LogP contribution >= 0.6 is 0 Å². The summed E-state index contributed by atoms with van der Waals surface area (Å²) in [4.78, 5) is 15.5. The van der Waals surface area contributed by atoms with Crippen molar-refractivity contribution in [2.75, 3.05) is 23.9 Å². The van der Waals surface area contributed by atoms with Gasteiger partial charge in [0.25, 0.3) is 0 Å². The molecule has 1 N–H and O–H groups in total. The lowest BCUT2D eigenvalue weighted by atomic mass is 10.3. The number of carbonyl (C=O) groups is 1. The topological polar surface area (TPSA) is 85.4 Å². The van der Waals surface area contributed by atoms with Gasteiger partial charge in [-0.3, -0.25) is 4.79 Å². The molecule has 0 bridgehead atoms. The maximum absolute atomic E-state index is 11.6. The minimum Gasteiger partial charge on any atom is -0.481 e. The van der Waals surface area contributed by atoms with E-state index in [0.717, 1.165) is 0 Å². The molecule has 0 saturated heterocycles. The van der Waals surface area contributed by atoms with Crippen LogP contribution in [0.2, 0.25) is 0 Å². The molecule has 0 aliphatic rings. The lowest BCUT2D eigenvalue weighted by Crippen LogP contribution is -2.26. The zero-order valence-electron chi connectivity index (χ0n) is 11.2. The number of anilines is 1. The van der Waals surface area contributed by atoms with Crippen LogP contribution in [0.15, 0.2) is 18.3 Å². The molecule has 0 fully saturated rings. The molecule has 0 aliphatic heterocycles. The number of nitrogens with one attached hydrogen (secondary N) is 1. The number of ether oxygens (including phenoxy) is 1. The second-order valence-corrected chi connectivity index (χ2v) is 6.69. The highest BCUT2D eigenvalue weighted by Crippen LogP contribution is 2.11. The summed E-state index contributed by atoms with van der Waals surface area (Å²) in [6, 6.07) is 3.18. The van der Waals surface area contributed by atoms with E-state index in [0.29, 0.717) is 11.6 Å². The van der Waals surface area contributed by atoms with Gasteiger partial charge in [0, 0.05) is 6.07 Å². The van der Waals surface area contributed by atoms with Crippen molar-refractivity contribution in [1.29, 1.82) is 0 Å². The third-order valence-corrected chi connectivity index (χ3v) is 4.04. The van der Waals surface area contributed by atoms with Crippen molar-refractivity contribution in [1.82, 2.24) is 4.98 Å². The monoisotopic (exact) mass is 286 g/mol. The van der Waals surface area contributed by atoms with Crippen molar-refractivity contribution in [3.63, 3.8) is 0 Å². The fourth-order valence-electron chi connectivity index (χ4n) is 1.54. The molecule has 19 heavy (non-hydrogen) atoms. The molecular formula is C12H18N2O4S. The Hall–Kier alpha value is -1.63. The summed E-state index contributed by atoms with van der Waals surface area (Å²) in [5, 5.41) is 2.49. The van der Waals surface area contributed by atoms with Gasteiger partial charge in [-0.05, 0) is 12.0 Å². The van der Waals surface area contributed by atoms with E-state index in [-0.39, 0.29) is 11.7 Å². The van der Waals surface area contributed by atoms with Crippen LogP contribution in [-0.2, 0) is 14.6 Å². The maximum atomic E-state index is 11.6. The summed E-state index contributed by atoms with van der Waals surface area (Å²) >= 11 is 0. The van der Waals surface area contributed by atoms with E-state index in [1.807, 2.05) is 0 Å². The van der Waals surface area contributed by atoms with E-state index < -0.39 is 21.5 Å². The molecule has 0 radical (unpaired) electrons. The predicted molar refractivity (Wildman–Crippen MR) is 72.9 cm³/mol. The number of methoxy groups -OCH3 is 1. The van der Waals surface area contributed by atoms with Crippen LogP contribution in [0.5, 0.6) is 5.88 Å². The van der Waals surface area contributed by atoms with Gasteiger partial charge in [-0.1, -0.05) is 13.8 Å². The quantitative estimate of drug-likeness (QED) is 0.846. The number of carbonyl (C=O) groups excluding carboxylic acids is 1. The van der Waals surface area contributed by atoms with Crippen molar-refractivity contribution in [2.45, 2.75) is 13.8 Å². The Morgan fingerprint density at radius 2 is 2.11 bits per heavy atom. The van der Waals surface area contributed by atoms with Crippen molar-refractivity contribution in [2.24, 2.45) is 5.92 Å². The third-order valence-electron chi connectivity index (χ3n) is 2.17. The Kier molecular flexibility index (Phi) is 5.29. The first-order chi connectivity index (χ1) is 8.82. The SMILES string of the molecule is COc1ccc(NC(=O)CS(=O)(=O)CC(C)C)cn1. The van der Waals surface area contributed by atoms with Crippen LogP contribution in [0.4, 0.5) is 5.69 Å². The highest BCUT2D eigenvalue weighted by atomic mass is 32.2. The Morgan fingerprint density at radius 3 is 2.58 bits per heavy atom. The van der Waals surface area contributed by atoms with Gasteiger partial charge in [-0.2, -0.15) is 0 Å². The molecule has 1 rings (SSSR count). The van der Waals surface area contributed by atoms with Gasteiger partial charge in [-0.15, -0.1) is 0 Å². The van der Waals surface area contributed by atoms with Crippen molar-refractivity contribution >= 4 is 21.4 Å². The van der Waals surface area contributed by atoms with Gasteiger partial charge in [0.05, 0.1) is 24.7 Å². The first kappa shape index (κ1) is 15.4. The molecule has 106 valence electrons. The van der Waals surface area contributed by atoms with Crippen molar-refractivity contribution < 1.29 is 17.9 Å². The average molecular weight is 286 g/mol. The van der Waals surface area contributed by atoms with E-state index in [2.05, 4.69) is 10.3 Å². The fourth-order valence-corrected chi connectivity index (χ4v) is 3.14. The van der Waals surface area contributed by atoms with Crippen LogP contribution in [0.1, 0.15) is 13.8 Å². The summed E-state index contributed by atoms with van der Waals surface area (Å²) in [5.74, 6) is -0.656. The van der Waals surface area contributed by atoms with Gasteiger partial charge in [0.1, 0.15) is 5.75 Å². The Labute approximate surface area is 113 Å². The minimum atomic E-state index is -3.37. The summed E-state index contributed by atoms with van der Waals surface area (Å²) in [7, 11) is -1.88. The summed E-state index contributed by atoms with van der Waals surface area (Å²) < 4.78 is 28.2. The van der Waals surface area contributed by atoms with Crippen LogP contribution in [0, 0.1) is 5.92 Å². The van der Waals surface area contributed by atoms with Crippen LogP contribution in [0.3, 0.4) is 0 Å². The van der Waals surface area contributed by atoms with Gasteiger partial charge >= 0.3 is 0 Å². The standard InChI is InChI=1S/C12H18N2O4S/c1-9(2)7-19(16,17)8-11(15)14-10-4-5-12(18-3)13-6-10/h4-6,9H,7-8H2,1-3H3,(H,14,15). The number of hydrogen-bond acceptors (Lipinski definition) is 5. The molecule has 0 aliphatic carbocycles. The molecule has 1 aromatic heterocycles. The zero-order valence-corrected chi connectivity index (χ0v) is 12.0. The van der Waals surface area contributed by atoms with Gasteiger partial charge in [-0.25, -0.2) is 13.4 Å². The van der Waals surface area contributed by atoms with E-state index >= 15 is 0 Å². The van der Waals surface area contributed by atoms with Crippen molar-refractivity contribution in [3.8, 4) is 5.88 Å². The molecule has 0 aromatic carbocycles. The molecule has 0 spiro atoms. The van der Waals surface area contributed by atoms with E-state index in [4.69, 9.17) is 4.74 Å². The van der Waals surface area contributed by atoms with E-state index in [1.54, 1.807) is 26.0 Å². The number of pyridine rings is 1. The molecule has 7 heteroatoms. The Morgan fingerprint density at radius 1 is 1.42 bits per heavy atom. The lowest BCUT2D eigenvalue weighted by molar-refractivity contribution is -0.113. The first-order valence-electron chi connectivity index (χ1n) is 5.82. The minimum absolute atomic E-state index is 0.000420. The third kappa shape index (κ3) is 5.69. The normalized spacial score (nSPS) is 11.4. The van der Waals surface area contributed by atoms with Crippen LogP contribution in [-0.4, -0.2) is 37.9 Å². The first-order valence-corrected chi connectivity index (χ1v) is 7.65. The Balaban J connectivity index is 2.59. The number of sulfone groups is 1. The fraction of sp³-hybridized carbons (Fsp3) is 0.500. The number of nitrogens with zero attached hydrogens (tertiary/aromatic N) is 1. The molecule has 0 atom stereocenters. The smallest absolute Gasteiger partial charge is 0.239 e. The van der Waals surface area contributed by atoms with Gasteiger partial charge in [0.2, 0.25) is 11.8 Å². The largest absolute Gasteiger partial charge is 0.481 e. The number of amides is 1. The highest BCUT2D eigenvalue weighted by Gasteiger charge is 2.18. The number of rotatable bonds is 6. The average Bonchev–Trinajstić information content (AvgIpc) is 2.27. The number of hydrogen-bond donors (Lipinski definition) is 1. The molecule has 1 heterocycles. The summed E-state index contributed by atoms with van der Waals surface area (Å²) in [6.45, 7) is 3.59. The molecule has 1 amide bonds. The van der Waals surface area contributed by atoms with Gasteiger partial charge < -0.3 is 10.1 Å². The second-order valence-electron chi connectivity index (χ2n) is 4.59. The lowest BCUT2D eigenvalue weighted by Gasteiger charge is -2.08. The maximum Gasteiger partial charge on any atom is 0.239 e. The molecule has 0 unspecified atom stereocenters. The molecular weight excluding hydrogens is 268 g/mol. The Bertz CT molecular complexity index is 523. The molecule has 1 aromatic rings. The van der Waals surface area contributed by atoms with Crippen LogP contribution < -0.4 is 10.1 Å².